The minimum Gasteiger partial charge on any atom is -0.272 e. The van der Waals surface area contributed by atoms with E-state index in [1.165, 1.54) is 0 Å². The number of H-pyrrole nitrogens is 2. The lowest BCUT2D eigenvalue weighted by Crippen LogP contribution is -2.14. The van der Waals surface area contributed by atoms with E-state index in [0.29, 0.717) is 10.3 Å². The maximum absolute atomic E-state index is 11.7. The van der Waals surface area contributed by atoms with Gasteiger partial charge in [-0.3, -0.25) is 15.0 Å². The first kappa shape index (κ1) is 8.84. The van der Waals surface area contributed by atoms with E-state index in [1.54, 1.807) is 4.52 Å². The van der Waals surface area contributed by atoms with Crippen LogP contribution in [0.25, 0.3) is 5.52 Å². The number of hydrogen-bond acceptors (Lipinski definition) is 3. The third-order valence-electron chi connectivity index (χ3n) is 2.85. The fourth-order valence-electron chi connectivity index (χ4n) is 2.16. The number of aromatic amines is 2. The summed E-state index contributed by atoms with van der Waals surface area (Å²) >= 11 is 5.08. The minimum atomic E-state index is -0.140. The van der Waals surface area contributed by atoms with Crippen molar-refractivity contribution in [3.63, 3.8) is 0 Å². The topological polar surface area (TPSA) is 66.0 Å². The van der Waals surface area contributed by atoms with Gasteiger partial charge >= 0.3 is 0 Å². The quantitative estimate of drug-likeness (QED) is 0.652. The van der Waals surface area contributed by atoms with Gasteiger partial charge in [0.05, 0.1) is 5.69 Å². The third kappa shape index (κ3) is 1.18. The van der Waals surface area contributed by atoms with Crippen LogP contribution in [-0.2, 0) is 12.8 Å². The molecular weight excluding hydrogens is 212 g/mol. The molecule has 2 heterocycles. The van der Waals surface area contributed by atoms with Crippen LogP contribution in [0.15, 0.2) is 4.79 Å². The van der Waals surface area contributed by atoms with Crippen molar-refractivity contribution in [3.8, 4) is 0 Å². The van der Waals surface area contributed by atoms with E-state index in [9.17, 15) is 4.79 Å². The Bertz CT molecular complexity index is 636. The molecule has 0 aromatic carbocycles. The number of nitrogens with zero attached hydrogens (tertiary/aromatic N) is 2. The van der Waals surface area contributed by atoms with Gasteiger partial charge in [-0.25, -0.2) is 0 Å². The largest absolute Gasteiger partial charge is 0.288 e. The molecule has 1 aliphatic rings. The van der Waals surface area contributed by atoms with Crippen LogP contribution in [0.5, 0.6) is 0 Å². The third-order valence-corrected chi connectivity index (χ3v) is 3.12. The molecule has 2 aromatic rings. The van der Waals surface area contributed by atoms with E-state index in [0.717, 1.165) is 36.9 Å². The summed E-state index contributed by atoms with van der Waals surface area (Å²) in [5.41, 5.74) is 2.58. The van der Waals surface area contributed by atoms with Crippen molar-refractivity contribution in [3.05, 3.63) is 26.4 Å². The predicted molar refractivity (Wildman–Crippen MR) is 57.6 cm³/mol. The second-order valence-corrected chi connectivity index (χ2v) is 4.16. The minimum absolute atomic E-state index is 0.140. The Kier molecular flexibility index (Phi) is 1.79. The molecule has 15 heavy (non-hydrogen) atoms. The molecule has 5 nitrogen and oxygen atoms in total. The number of rotatable bonds is 0. The van der Waals surface area contributed by atoms with Crippen LogP contribution < -0.4 is 5.56 Å². The summed E-state index contributed by atoms with van der Waals surface area (Å²) in [6.07, 6.45) is 4.15. The first-order valence-corrected chi connectivity index (χ1v) is 5.39. The van der Waals surface area contributed by atoms with Crippen LogP contribution in [0.3, 0.4) is 0 Å². The van der Waals surface area contributed by atoms with Gasteiger partial charge in [-0.1, -0.05) is 0 Å². The molecule has 0 unspecified atom stereocenters. The van der Waals surface area contributed by atoms with Crippen molar-refractivity contribution in [2.24, 2.45) is 0 Å². The summed E-state index contributed by atoms with van der Waals surface area (Å²) in [5.74, 6) is 0. The highest BCUT2D eigenvalue weighted by Crippen LogP contribution is 2.22. The second-order valence-electron chi connectivity index (χ2n) is 3.78. The maximum Gasteiger partial charge on any atom is 0.288 e. The molecule has 0 radical (unpaired) electrons. The zero-order valence-corrected chi connectivity index (χ0v) is 8.86. The Morgan fingerprint density at radius 1 is 1.27 bits per heavy atom. The van der Waals surface area contributed by atoms with Gasteiger partial charge in [0.1, 0.15) is 5.52 Å². The first-order chi connectivity index (χ1) is 7.27. The average molecular weight is 222 g/mol. The molecule has 2 N–H and O–H groups in total. The summed E-state index contributed by atoms with van der Waals surface area (Å²) in [7, 11) is 0. The lowest BCUT2D eigenvalue weighted by molar-refractivity contribution is 0.672. The highest BCUT2D eigenvalue weighted by Gasteiger charge is 2.18. The zero-order valence-electron chi connectivity index (χ0n) is 8.04. The van der Waals surface area contributed by atoms with Crippen molar-refractivity contribution < 1.29 is 0 Å². The van der Waals surface area contributed by atoms with Crippen LogP contribution in [-0.4, -0.2) is 19.8 Å². The monoisotopic (exact) mass is 222 g/mol. The van der Waals surface area contributed by atoms with E-state index in [1.807, 2.05) is 0 Å². The van der Waals surface area contributed by atoms with E-state index >= 15 is 0 Å². The Morgan fingerprint density at radius 2 is 2.07 bits per heavy atom. The van der Waals surface area contributed by atoms with Crippen molar-refractivity contribution in [2.75, 3.05) is 0 Å². The molecule has 78 valence electrons. The molecule has 0 saturated heterocycles. The normalized spacial score (nSPS) is 15.5. The molecular formula is C9H10N4OS. The molecule has 3 rings (SSSR count). The molecule has 0 atom stereocenters. The van der Waals surface area contributed by atoms with Gasteiger partial charge in [-0.2, -0.15) is 9.61 Å². The second kappa shape index (κ2) is 3.03. The standard InChI is InChI=1S/C9H10N4OS/c14-8-7-5-3-1-2-4-6(5)12-13(7)9(15)11-10-8/h1-4H2,(H,10,14)(H,11,15). The Hall–Kier alpha value is -1.43. The Labute approximate surface area is 90.1 Å². The fraction of sp³-hybridized carbons (Fsp3) is 0.444. The molecule has 1 aliphatic carbocycles. The van der Waals surface area contributed by atoms with Crippen molar-refractivity contribution in [2.45, 2.75) is 25.7 Å². The molecule has 0 fully saturated rings. The number of hydrogen-bond donors (Lipinski definition) is 2. The van der Waals surface area contributed by atoms with E-state index < -0.39 is 0 Å². The average Bonchev–Trinajstić information content (AvgIpc) is 2.64. The molecule has 6 heteroatoms. The van der Waals surface area contributed by atoms with Gasteiger partial charge in [0.2, 0.25) is 4.77 Å². The lowest BCUT2D eigenvalue weighted by atomic mass is 9.97. The van der Waals surface area contributed by atoms with Crippen LogP contribution in [0.4, 0.5) is 0 Å². The predicted octanol–water partition coefficient (Wildman–Crippen LogP) is 0.959. The Morgan fingerprint density at radius 3 is 2.93 bits per heavy atom. The van der Waals surface area contributed by atoms with Crippen LogP contribution in [0.1, 0.15) is 24.1 Å². The lowest BCUT2D eigenvalue weighted by Gasteiger charge is -2.07. The summed E-state index contributed by atoms with van der Waals surface area (Å²) in [6.45, 7) is 0. The number of nitrogens with one attached hydrogen (secondary N) is 2. The highest BCUT2D eigenvalue weighted by molar-refractivity contribution is 7.71. The van der Waals surface area contributed by atoms with Gasteiger partial charge in [-0.15, -0.1) is 0 Å². The summed E-state index contributed by atoms with van der Waals surface area (Å²) in [6, 6.07) is 0. The SMILES string of the molecule is O=c1[nH][nH]c(=S)n2nc3c(c12)CCCC3. The number of aryl methyl sites for hydroxylation is 2. The van der Waals surface area contributed by atoms with Crippen LogP contribution >= 0.6 is 12.2 Å². The van der Waals surface area contributed by atoms with Crippen molar-refractivity contribution in [1.29, 1.82) is 0 Å². The fourth-order valence-corrected chi connectivity index (χ4v) is 2.34. The number of fused-ring (bicyclic) bond motifs is 3. The Balaban J connectivity index is 2.52. The maximum atomic E-state index is 11.7. The highest BCUT2D eigenvalue weighted by atomic mass is 32.1. The van der Waals surface area contributed by atoms with Gasteiger partial charge in [-0.05, 0) is 37.9 Å². The molecule has 0 bridgehead atoms. The van der Waals surface area contributed by atoms with Crippen LogP contribution in [0, 0.1) is 4.77 Å². The van der Waals surface area contributed by atoms with E-state index in [-0.39, 0.29) is 5.56 Å². The van der Waals surface area contributed by atoms with Gasteiger partial charge < -0.3 is 0 Å². The molecule has 0 spiro atoms. The van der Waals surface area contributed by atoms with Gasteiger partial charge in [0, 0.05) is 5.56 Å². The molecule has 0 amide bonds. The van der Waals surface area contributed by atoms with E-state index in [2.05, 4.69) is 15.3 Å². The smallest absolute Gasteiger partial charge is 0.272 e. The molecule has 0 aliphatic heterocycles. The van der Waals surface area contributed by atoms with Gasteiger partial charge in [0.15, 0.2) is 0 Å². The van der Waals surface area contributed by atoms with Gasteiger partial charge in [0.25, 0.3) is 5.56 Å². The molecule has 2 aromatic heterocycles. The van der Waals surface area contributed by atoms with Crippen LogP contribution in [0.2, 0.25) is 0 Å². The summed E-state index contributed by atoms with van der Waals surface area (Å²) in [4.78, 5) is 11.7. The number of aromatic nitrogens is 4. The molecule has 0 saturated carbocycles. The van der Waals surface area contributed by atoms with E-state index in [4.69, 9.17) is 12.2 Å². The summed E-state index contributed by atoms with van der Waals surface area (Å²) < 4.78 is 1.99. The summed E-state index contributed by atoms with van der Waals surface area (Å²) in [5, 5.41) is 9.54. The van der Waals surface area contributed by atoms with Crippen molar-refractivity contribution in [1.82, 2.24) is 19.8 Å². The van der Waals surface area contributed by atoms with Crippen molar-refractivity contribution >= 4 is 17.7 Å². The first-order valence-electron chi connectivity index (χ1n) is 4.99. The zero-order chi connectivity index (χ0) is 10.4.